The van der Waals surface area contributed by atoms with E-state index < -0.39 is 5.97 Å². The van der Waals surface area contributed by atoms with Crippen LogP contribution in [0.25, 0.3) is 10.9 Å². The van der Waals surface area contributed by atoms with E-state index in [4.69, 9.17) is 5.11 Å². The molecule has 1 aromatic heterocycles. The van der Waals surface area contributed by atoms with Gasteiger partial charge in [-0.2, -0.15) is 0 Å². The lowest BCUT2D eigenvalue weighted by molar-refractivity contribution is 0.0691. The van der Waals surface area contributed by atoms with E-state index in [2.05, 4.69) is 36.8 Å². The molecule has 4 nitrogen and oxygen atoms in total. The SMILES string of the molecule is O=C(O)c1cc(=O)c2c(Br)cc(Br)cc2[nH]1. The van der Waals surface area contributed by atoms with Crippen molar-refractivity contribution in [1.82, 2.24) is 4.98 Å². The van der Waals surface area contributed by atoms with Crippen molar-refractivity contribution in [3.63, 3.8) is 0 Å². The third-order valence-corrected chi connectivity index (χ3v) is 3.16. The molecule has 0 fully saturated rings. The lowest BCUT2D eigenvalue weighted by atomic mass is 10.2. The Kier molecular flexibility index (Phi) is 2.86. The Morgan fingerprint density at radius 3 is 2.56 bits per heavy atom. The number of carboxylic acids is 1. The number of halogens is 2. The summed E-state index contributed by atoms with van der Waals surface area (Å²) >= 11 is 6.53. The summed E-state index contributed by atoms with van der Waals surface area (Å²) in [5.41, 5.74) is 0.0270. The fourth-order valence-electron chi connectivity index (χ4n) is 1.42. The van der Waals surface area contributed by atoms with Gasteiger partial charge in [0.1, 0.15) is 5.69 Å². The van der Waals surface area contributed by atoms with Crippen molar-refractivity contribution >= 4 is 48.7 Å². The van der Waals surface area contributed by atoms with Crippen LogP contribution in [0.15, 0.2) is 31.9 Å². The van der Waals surface area contributed by atoms with Gasteiger partial charge < -0.3 is 10.1 Å². The Bertz CT molecular complexity index is 648. The maximum absolute atomic E-state index is 11.7. The Labute approximate surface area is 107 Å². The highest BCUT2D eigenvalue weighted by atomic mass is 79.9. The molecule has 0 amide bonds. The molecule has 0 saturated carbocycles. The number of fused-ring (bicyclic) bond motifs is 1. The number of nitrogens with one attached hydrogen (secondary N) is 1. The molecule has 0 atom stereocenters. The molecule has 0 aliphatic carbocycles. The first-order chi connectivity index (χ1) is 7.49. The largest absolute Gasteiger partial charge is 0.477 e. The zero-order valence-electron chi connectivity index (χ0n) is 7.75. The van der Waals surface area contributed by atoms with Crippen LogP contribution < -0.4 is 5.43 Å². The van der Waals surface area contributed by atoms with Crippen LogP contribution in [-0.4, -0.2) is 16.1 Å². The molecule has 2 aromatic rings. The molecule has 0 bridgehead atoms. The van der Waals surface area contributed by atoms with Gasteiger partial charge in [0.05, 0.1) is 10.9 Å². The number of carboxylic acid groups (broad SMARTS) is 1. The van der Waals surface area contributed by atoms with E-state index >= 15 is 0 Å². The molecule has 6 heteroatoms. The van der Waals surface area contributed by atoms with Gasteiger partial charge in [-0.15, -0.1) is 0 Å². The van der Waals surface area contributed by atoms with Gasteiger partial charge in [0.15, 0.2) is 5.43 Å². The number of aromatic carboxylic acids is 1. The van der Waals surface area contributed by atoms with E-state index in [0.717, 1.165) is 10.5 Å². The number of rotatable bonds is 1. The average Bonchev–Trinajstić information content (AvgIpc) is 2.15. The molecule has 82 valence electrons. The Balaban J connectivity index is 2.93. The molecule has 1 heterocycles. The number of H-pyrrole nitrogens is 1. The van der Waals surface area contributed by atoms with Crippen LogP contribution in [0.1, 0.15) is 10.5 Å². The van der Waals surface area contributed by atoms with Crippen molar-refractivity contribution in [2.75, 3.05) is 0 Å². The topological polar surface area (TPSA) is 70.2 Å². The van der Waals surface area contributed by atoms with Crippen LogP contribution in [0.3, 0.4) is 0 Å². The second kappa shape index (κ2) is 4.03. The fourth-order valence-corrected chi connectivity index (χ4v) is 2.84. The first-order valence-electron chi connectivity index (χ1n) is 4.24. The van der Waals surface area contributed by atoms with Gasteiger partial charge in [0.2, 0.25) is 0 Å². The van der Waals surface area contributed by atoms with Crippen LogP contribution >= 0.6 is 31.9 Å². The standard InChI is InChI=1S/C10H5Br2NO3/c11-4-1-5(12)9-6(2-4)13-7(10(15)16)3-8(9)14/h1-3H,(H,13,14)(H,15,16). The van der Waals surface area contributed by atoms with Gasteiger partial charge >= 0.3 is 5.97 Å². The Morgan fingerprint density at radius 1 is 1.25 bits per heavy atom. The summed E-state index contributed by atoms with van der Waals surface area (Å²) in [4.78, 5) is 25.2. The molecular formula is C10H5Br2NO3. The third kappa shape index (κ3) is 1.90. The summed E-state index contributed by atoms with van der Waals surface area (Å²) in [5, 5.41) is 9.25. The molecular weight excluding hydrogens is 342 g/mol. The maximum Gasteiger partial charge on any atom is 0.352 e. The van der Waals surface area contributed by atoms with E-state index in [9.17, 15) is 9.59 Å². The molecule has 2 rings (SSSR count). The minimum atomic E-state index is -1.16. The van der Waals surface area contributed by atoms with Crippen molar-refractivity contribution in [1.29, 1.82) is 0 Å². The highest BCUT2D eigenvalue weighted by Crippen LogP contribution is 2.25. The molecule has 0 aliphatic rings. The van der Waals surface area contributed by atoms with Gasteiger partial charge in [-0.25, -0.2) is 4.79 Å². The molecule has 1 aromatic carbocycles. The Morgan fingerprint density at radius 2 is 1.94 bits per heavy atom. The van der Waals surface area contributed by atoms with E-state index in [1.54, 1.807) is 12.1 Å². The number of benzene rings is 1. The summed E-state index contributed by atoms with van der Waals surface area (Å²) in [6.07, 6.45) is 0. The predicted molar refractivity (Wildman–Crippen MR) is 66.9 cm³/mol. The highest BCUT2D eigenvalue weighted by molar-refractivity contribution is 9.11. The number of hydrogen-bond acceptors (Lipinski definition) is 2. The molecule has 0 saturated heterocycles. The second-order valence-corrected chi connectivity index (χ2v) is 4.93. The Hall–Kier alpha value is -1.14. The quantitative estimate of drug-likeness (QED) is 0.834. The first kappa shape index (κ1) is 11.3. The smallest absolute Gasteiger partial charge is 0.352 e. The zero-order valence-corrected chi connectivity index (χ0v) is 10.9. The van der Waals surface area contributed by atoms with Crippen LogP contribution in [0.2, 0.25) is 0 Å². The predicted octanol–water partition coefficient (Wildman–Crippen LogP) is 2.75. The van der Waals surface area contributed by atoms with Crippen molar-refractivity contribution in [3.05, 3.63) is 43.1 Å². The van der Waals surface area contributed by atoms with E-state index in [0.29, 0.717) is 15.4 Å². The lowest BCUT2D eigenvalue weighted by Gasteiger charge is -2.03. The molecule has 0 radical (unpaired) electrons. The maximum atomic E-state index is 11.7. The minimum Gasteiger partial charge on any atom is -0.477 e. The number of aromatic nitrogens is 1. The van der Waals surface area contributed by atoms with Crippen molar-refractivity contribution in [3.8, 4) is 0 Å². The second-order valence-electron chi connectivity index (χ2n) is 3.16. The molecule has 2 N–H and O–H groups in total. The van der Waals surface area contributed by atoms with Gasteiger partial charge in [-0.05, 0) is 28.1 Å². The zero-order chi connectivity index (χ0) is 11.9. The monoisotopic (exact) mass is 345 g/mol. The fraction of sp³-hybridized carbons (Fsp3) is 0. The van der Waals surface area contributed by atoms with Crippen LogP contribution in [-0.2, 0) is 0 Å². The van der Waals surface area contributed by atoms with Crippen LogP contribution in [0.5, 0.6) is 0 Å². The number of pyridine rings is 1. The molecule has 0 unspecified atom stereocenters. The summed E-state index contributed by atoms with van der Waals surface area (Å²) < 4.78 is 1.38. The van der Waals surface area contributed by atoms with Gasteiger partial charge in [0, 0.05) is 15.0 Å². The van der Waals surface area contributed by atoms with E-state index in [-0.39, 0.29) is 11.1 Å². The normalized spacial score (nSPS) is 10.6. The van der Waals surface area contributed by atoms with E-state index in [1.807, 2.05) is 0 Å². The van der Waals surface area contributed by atoms with Gasteiger partial charge in [-0.3, -0.25) is 4.79 Å². The molecule has 16 heavy (non-hydrogen) atoms. The summed E-state index contributed by atoms with van der Waals surface area (Å²) in [6, 6.07) is 4.47. The van der Waals surface area contributed by atoms with Crippen molar-refractivity contribution in [2.24, 2.45) is 0 Å². The molecule has 0 spiro atoms. The van der Waals surface area contributed by atoms with Crippen LogP contribution in [0.4, 0.5) is 0 Å². The number of carbonyl (C=O) groups is 1. The summed E-state index contributed by atoms with van der Waals surface area (Å²) in [5.74, 6) is -1.16. The van der Waals surface area contributed by atoms with Gasteiger partial charge in [-0.1, -0.05) is 15.9 Å². The highest BCUT2D eigenvalue weighted by Gasteiger charge is 2.10. The number of aromatic amines is 1. The summed E-state index contributed by atoms with van der Waals surface area (Å²) in [7, 11) is 0. The average molecular weight is 347 g/mol. The van der Waals surface area contributed by atoms with Crippen molar-refractivity contribution < 1.29 is 9.90 Å². The first-order valence-corrected chi connectivity index (χ1v) is 5.83. The van der Waals surface area contributed by atoms with E-state index in [1.165, 1.54) is 0 Å². The minimum absolute atomic E-state index is 0.123. The van der Waals surface area contributed by atoms with Crippen molar-refractivity contribution in [2.45, 2.75) is 0 Å². The lowest BCUT2D eigenvalue weighted by Crippen LogP contribution is -2.09. The van der Waals surface area contributed by atoms with Gasteiger partial charge in [0.25, 0.3) is 0 Å². The molecule has 0 aliphatic heterocycles. The third-order valence-electron chi connectivity index (χ3n) is 2.08. The summed E-state index contributed by atoms with van der Waals surface area (Å²) in [6.45, 7) is 0. The number of hydrogen-bond donors (Lipinski definition) is 2. The van der Waals surface area contributed by atoms with Crippen LogP contribution in [0, 0.1) is 0 Å².